The molecule has 0 radical (unpaired) electrons. The van der Waals surface area contributed by atoms with Gasteiger partial charge in [0.2, 0.25) is 0 Å². The highest BCUT2D eigenvalue weighted by molar-refractivity contribution is 6.52. The molecule has 0 spiro atoms. The highest BCUT2D eigenvalue weighted by atomic mass is 35.5. The molecule has 4 aromatic rings. The van der Waals surface area contributed by atoms with Crippen molar-refractivity contribution in [3.8, 4) is 5.75 Å². The van der Waals surface area contributed by atoms with Gasteiger partial charge in [0, 0.05) is 44.5 Å². The lowest BCUT2D eigenvalue weighted by Crippen LogP contribution is -2.29. The molecule has 7 heteroatoms. The summed E-state index contributed by atoms with van der Waals surface area (Å²) < 4.78 is 5.55. The summed E-state index contributed by atoms with van der Waals surface area (Å²) in [7, 11) is 1.60. The van der Waals surface area contributed by atoms with Gasteiger partial charge in [0.25, 0.3) is 11.7 Å². The van der Waals surface area contributed by atoms with E-state index >= 15 is 0 Å². The van der Waals surface area contributed by atoms with Gasteiger partial charge in [-0.3, -0.25) is 14.5 Å². The first-order valence-electron chi connectivity index (χ1n) is 12.3. The van der Waals surface area contributed by atoms with Crippen LogP contribution in [0, 0.1) is 6.92 Å². The number of nitrogens with zero attached hydrogens (tertiary/aromatic N) is 1. The van der Waals surface area contributed by atoms with Gasteiger partial charge in [-0.05, 0) is 54.3 Å². The van der Waals surface area contributed by atoms with Crippen molar-refractivity contribution in [1.82, 2.24) is 4.98 Å². The van der Waals surface area contributed by atoms with Crippen molar-refractivity contribution in [2.45, 2.75) is 39.2 Å². The van der Waals surface area contributed by atoms with E-state index in [1.54, 1.807) is 37.6 Å². The predicted molar refractivity (Wildman–Crippen MR) is 151 cm³/mol. The maximum absolute atomic E-state index is 13.6. The minimum absolute atomic E-state index is 0.0153. The van der Waals surface area contributed by atoms with Crippen LogP contribution in [0.25, 0.3) is 16.7 Å². The van der Waals surface area contributed by atoms with Gasteiger partial charge >= 0.3 is 0 Å². The van der Waals surface area contributed by atoms with Crippen LogP contribution in [0.2, 0.25) is 5.02 Å². The second-order valence-corrected chi connectivity index (χ2v) is 11.0. The monoisotopic (exact) mass is 528 g/mol. The zero-order chi connectivity index (χ0) is 27.4. The molecule has 1 unspecified atom stereocenters. The van der Waals surface area contributed by atoms with Crippen LogP contribution in [0.1, 0.15) is 49.1 Å². The van der Waals surface area contributed by atoms with Gasteiger partial charge in [-0.25, -0.2) is 0 Å². The van der Waals surface area contributed by atoms with Crippen LogP contribution in [0.5, 0.6) is 5.75 Å². The first-order chi connectivity index (χ1) is 18.0. The quantitative estimate of drug-likeness (QED) is 0.169. The molecule has 1 aliphatic heterocycles. The number of aliphatic hydroxyl groups excluding tert-OH is 1. The molecular formula is C31H29ClN2O4. The fraction of sp³-hybridized carbons (Fsp3) is 0.226. The van der Waals surface area contributed by atoms with E-state index in [-0.39, 0.29) is 16.7 Å². The minimum atomic E-state index is -0.870. The number of benzene rings is 3. The van der Waals surface area contributed by atoms with Crippen LogP contribution >= 0.6 is 11.6 Å². The molecule has 0 aliphatic carbocycles. The number of nitrogens with one attached hydrogen (secondary N) is 1. The fourth-order valence-electron chi connectivity index (χ4n) is 5.04. The molecule has 1 amide bonds. The molecular weight excluding hydrogens is 500 g/mol. The Hall–Kier alpha value is -4.03. The normalized spacial score (nSPS) is 17.4. The molecule has 5 rings (SSSR count). The van der Waals surface area contributed by atoms with E-state index < -0.39 is 17.7 Å². The standard InChI is InChI=1S/C31H29ClN2O4/c1-17-10-12-19(15-23(17)32)34-27(21-16-33-24-9-7-6-8-20(21)24)26(29(36)30(34)37)28(35)18-11-13-25(38-5)22(14-18)31(2,3)4/h6-16,27,33,35H,1-5H3/b28-26+. The van der Waals surface area contributed by atoms with Crippen molar-refractivity contribution in [2.75, 3.05) is 12.0 Å². The highest BCUT2D eigenvalue weighted by Gasteiger charge is 2.48. The largest absolute Gasteiger partial charge is 0.507 e. The molecule has 38 heavy (non-hydrogen) atoms. The molecule has 1 saturated heterocycles. The lowest BCUT2D eigenvalue weighted by Gasteiger charge is -2.26. The van der Waals surface area contributed by atoms with Gasteiger partial charge in [0.15, 0.2) is 0 Å². The molecule has 2 heterocycles. The number of Topliss-reactive ketones (excluding diaryl/α,β-unsaturated/α-hetero) is 1. The zero-order valence-electron chi connectivity index (χ0n) is 21.9. The predicted octanol–water partition coefficient (Wildman–Crippen LogP) is 7.06. The number of hydrogen-bond donors (Lipinski definition) is 2. The number of aliphatic hydroxyl groups is 1. The number of carbonyl (C=O) groups is 2. The van der Waals surface area contributed by atoms with E-state index in [1.807, 2.05) is 64.1 Å². The zero-order valence-corrected chi connectivity index (χ0v) is 22.7. The van der Waals surface area contributed by atoms with Crippen molar-refractivity contribution >= 4 is 45.6 Å². The first-order valence-corrected chi connectivity index (χ1v) is 12.7. The molecule has 1 fully saturated rings. The Bertz CT molecular complexity index is 1630. The van der Waals surface area contributed by atoms with E-state index in [1.165, 1.54) is 4.90 Å². The van der Waals surface area contributed by atoms with E-state index in [2.05, 4.69) is 4.98 Å². The lowest BCUT2D eigenvalue weighted by molar-refractivity contribution is -0.132. The highest BCUT2D eigenvalue weighted by Crippen LogP contribution is 2.45. The fourth-order valence-corrected chi connectivity index (χ4v) is 5.22. The third kappa shape index (κ3) is 4.15. The van der Waals surface area contributed by atoms with Crippen molar-refractivity contribution in [2.24, 2.45) is 0 Å². The number of aromatic amines is 1. The molecule has 3 aromatic carbocycles. The molecule has 1 atom stereocenters. The third-order valence-corrected chi connectivity index (χ3v) is 7.48. The van der Waals surface area contributed by atoms with Crippen LogP contribution in [-0.4, -0.2) is 28.9 Å². The Morgan fingerprint density at radius 1 is 1.05 bits per heavy atom. The maximum atomic E-state index is 13.6. The van der Waals surface area contributed by atoms with Crippen LogP contribution < -0.4 is 9.64 Å². The molecule has 1 aromatic heterocycles. The maximum Gasteiger partial charge on any atom is 0.300 e. The smallest absolute Gasteiger partial charge is 0.300 e. The van der Waals surface area contributed by atoms with Gasteiger partial charge in [-0.2, -0.15) is 0 Å². The van der Waals surface area contributed by atoms with Gasteiger partial charge < -0.3 is 14.8 Å². The molecule has 1 aliphatic rings. The van der Waals surface area contributed by atoms with E-state index in [9.17, 15) is 14.7 Å². The number of hydrogen-bond acceptors (Lipinski definition) is 4. The lowest BCUT2D eigenvalue weighted by atomic mass is 9.84. The summed E-state index contributed by atoms with van der Waals surface area (Å²) in [5, 5.41) is 13.0. The van der Waals surface area contributed by atoms with Crippen molar-refractivity contribution in [3.05, 3.63) is 99.7 Å². The number of anilines is 1. The third-order valence-electron chi connectivity index (χ3n) is 7.07. The number of H-pyrrole nitrogens is 1. The number of aryl methyl sites for hydroxylation is 1. The summed E-state index contributed by atoms with van der Waals surface area (Å²) in [5.74, 6) is -1.06. The number of amides is 1. The van der Waals surface area contributed by atoms with Gasteiger partial charge in [0.1, 0.15) is 11.5 Å². The number of para-hydroxylation sites is 1. The Morgan fingerprint density at radius 2 is 1.79 bits per heavy atom. The van der Waals surface area contributed by atoms with Gasteiger partial charge in [0.05, 0.1) is 18.7 Å². The average Bonchev–Trinajstić information content (AvgIpc) is 3.43. The Labute approximate surface area is 226 Å². The number of ketones is 1. The number of fused-ring (bicyclic) bond motifs is 1. The average molecular weight is 529 g/mol. The second kappa shape index (κ2) is 9.37. The molecule has 0 bridgehead atoms. The van der Waals surface area contributed by atoms with Crippen LogP contribution in [-0.2, 0) is 15.0 Å². The molecule has 0 saturated carbocycles. The summed E-state index contributed by atoms with van der Waals surface area (Å²) in [6, 6.07) is 17.3. The summed E-state index contributed by atoms with van der Waals surface area (Å²) in [5.41, 5.74) is 3.90. The van der Waals surface area contributed by atoms with Gasteiger partial charge in [-0.1, -0.05) is 56.6 Å². The van der Waals surface area contributed by atoms with Crippen LogP contribution in [0.3, 0.4) is 0 Å². The van der Waals surface area contributed by atoms with E-state index in [4.69, 9.17) is 16.3 Å². The van der Waals surface area contributed by atoms with Crippen molar-refractivity contribution < 1.29 is 19.4 Å². The van der Waals surface area contributed by atoms with Crippen molar-refractivity contribution in [1.29, 1.82) is 0 Å². The summed E-state index contributed by atoms with van der Waals surface area (Å²) in [4.78, 5) is 31.9. The van der Waals surface area contributed by atoms with Gasteiger partial charge in [-0.15, -0.1) is 0 Å². The number of carbonyl (C=O) groups excluding carboxylic acids is 2. The number of rotatable bonds is 4. The molecule has 6 nitrogen and oxygen atoms in total. The minimum Gasteiger partial charge on any atom is -0.507 e. The number of methoxy groups -OCH3 is 1. The summed E-state index contributed by atoms with van der Waals surface area (Å²) in [6.07, 6.45) is 1.78. The second-order valence-electron chi connectivity index (χ2n) is 10.6. The van der Waals surface area contributed by atoms with E-state index in [0.29, 0.717) is 27.6 Å². The number of ether oxygens (including phenoxy) is 1. The van der Waals surface area contributed by atoms with Crippen LogP contribution in [0.4, 0.5) is 5.69 Å². The van der Waals surface area contributed by atoms with Crippen molar-refractivity contribution in [3.63, 3.8) is 0 Å². The Kier molecular flexibility index (Phi) is 6.32. The Balaban J connectivity index is 1.78. The topological polar surface area (TPSA) is 82.6 Å². The number of halogens is 1. The molecule has 194 valence electrons. The Morgan fingerprint density at radius 3 is 2.47 bits per heavy atom. The molecule has 2 N–H and O–H groups in total. The number of aromatic nitrogens is 1. The first kappa shape index (κ1) is 25.6. The SMILES string of the molecule is COc1ccc(/C(O)=C2\C(=O)C(=O)N(c3ccc(C)c(Cl)c3)C2c2c[nH]c3ccccc23)cc1C(C)(C)C. The summed E-state index contributed by atoms with van der Waals surface area (Å²) >= 11 is 6.43. The van der Waals surface area contributed by atoms with E-state index in [0.717, 1.165) is 22.0 Å². The summed E-state index contributed by atoms with van der Waals surface area (Å²) in [6.45, 7) is 8.00. The van der Waals surface area contributed by atoms with Crippen LogP contribution in [0.15, 0.2) is 72.4 Å².